The van der Waals surface area contributed by atoms with E-state index < -0.39 is 11.3 Å². The van der Waals surface area contributed by atoms with Gasteiger partial charge in [-0.25, -0.2) is 9.59 Å². The Morgan fingerprint density at radius 1 is 0.808 bits per heavy atom. The van der Waals surface area contributed by atoms with Crippen LogP contribution in [-0.2, 0) is 7.05 Å². The maximum absolute atomic E-state index is 12.1. The molecule has 2 aromatic carbocycles. The molecule has 0 atom stereocenters. The standard InChI is InChI=1S/C19H17N3O4/c1-20-19-21(2)25-17(23)12-13-18(24)26-22(19)16-11-7-6-10-15(16)14-8-4-3-5-9-14/h3-13H,1-2H3. The molecule has 0 saturated heterocycles. The molecule has 3 aromatic rings. The van der Waals surface area contributed by atoms with Gasteiger partial charge in [0.1, 0.15) is 0 Å². The van der Waals surface area contributed by atoms with Gasteiger partial charge in [-0.05, 0) is 11.6 Å². The number of hydrogen-bond donors (Lipinski definition) is 0. The first-order valence-corrected chi connectivity index (χ1v) is 7.87. The van der Waals surface area contributed by atoms with Gasteiger partial charge in [0.2, 0.25) is 0 Å². The van der Waals surface area contributed by atoms with E-state index in [2.05, 4.69) is 4.99 Å². The van der Waals surface area contributed by atoms with E-state index in [0.717, 1.165) is 28.0 Å². The van der Waals surface area contributed by atoms with Crippen molar-refractivity contribution < 1.29 is 9.05 Å². The number of nitrogens with zero attached hydrogens (tertiary/aromatic N) is 3. The van der Waals surface area contributed by atoms with E-state index in [-0.39, 0.29) is 5.62 Å². The minimum atomic E-state index is -0.721. The predicted octanol–water partition coefficient (Wildman–Crippen LogP) is 2.04. The zero-order chi connectivity index (χ0) is 18.5. The predicted molar refractivity (Wildman–Crippen MR) is 96.4 cm³/mol. The molecule has 0 aliphatic carbocycles. The van der Waals surface area contributed by atoms with Crippen molar-refractivity contribution >= 4 is 0 Å². The van der Waals surface area contributed by atoms with Crippen LogP contribution < -0.4 is 16.9 Å². The topological polar surface area (TPSA) is 82.6 Å². The lowest BCUT2D eigenvalue weighted by Gasteiger charge is -2.10. The molecule has 0 aliphatic heterocycles. The first-order valence-electron chi connectivity index (χ1n) is 7.87. The zero-order valence-corrected chi connectivity index (χ0v) is 14.3. The van der Waals surface area contributed by atoms with Crippen molar-refractivity contribution in [3.05, 3.63) is 93.2 Å². The Labute approximate surface area is 148 Å². The van der Waals surface area contributed by atoms with Gasteiger partial charge in [0.05, 0.1) is 5.69 Å². The van der Waals surface area contributed by atoms with E-state index in [1.165, 1.54) is 18.8 Å². The Hall–Kier alpha value is -3.61. The van der Waals surface area contributed by atoms with Crippen LogP contribution in [-0.4, -0.2) is 16.5 Å². The van der Waals surface area contributed by atoms with Gasteiger partial charge in [-0.15, -0.1) is 4.74 Å². The quantitative estimate of drug-likeness (QED) is 0.707. The van der Waals surface area contributed by atoms with E-state index >= 15 is 0 Å². The van der Waals surface area contributed by atoms with Crippen LogP contribution >= 0.6 is 0 Å². The van der Waals surface area contributed by atoms with Gasteiger partial charge in [-0.3, -0.25) is 4.99 Å². The van der Waals surface area contributed by atoms with Gasteiger partial charge in [-0.2, -0.15) is 4.74 Å². The number of benzene rings is 2. The molecule has 3 rings (SSSR count). The van der Waals surface area contributed by atoms with E-state index in [1.54, 1.807) is 6.07 Å². The second-order valence-electron chi connectivity index (χ2n) is 5.35. The number of aromatic nitrogens is 2. The molecular weight excluding hydrogens is 334 g/mol. The minimum absolute atomic E-state index is 0.138. The molecule has 0 bridgehead atoms. The summed E-state index contributed by atoms with van der Waals surface area (Å²) >= 11 is 0. The molecule has 1 aromatic heterocycles. The smallest absolute Gasteiger partial charge is 0.333 e. The van der Waals surface area contributed by atoms with Crippen LogP contribution in [0.3, 0.4) is 0 Å². The highest BCUT2D eigenvalue weighted by Gasteiger charge is 2.09. The SMILES string of the molecule is CN=c1n(C)oc(=O)ccc(=O)on1-c1ccccc1-c1ccccc1. The first-order chi connectivity index (χ1) is 12.6. The summed E-state index contributed by atoms with van der Waals surface area (Å²) < 4.78 is 13.0. The normalized spacial score (nSPS) is 11.2. The van der Waals surface area contributed by atoms with Gasteiger partial charge in [0, 0.05) is 31.8 Å². The molecule has 7 heteroatoms. The Morgan fingerprint density at radius 2 is 1.42 bits per heavy atom. The van der Waals surface area contributed by atoms with Crippen LogP contribution in [0.25, 0.3) is 16.8 Å². The number of hydrogen-bond acceptors (Lipinski definition) is 5. The third-order valence-electron chi connectivity index (χ3n) is 3.63. The van der Waals surface area contributed by atoms with Crippen LogP contribution in [0.4, 0.5) is 0 Å². The number of para-hydroxylation sites is 1. The summed E-state index contributed by atoms with van der Waals surface area (Å²) in [7, 11) is 3.02. The Balaban J connectivity index is 2.47. The Bertz CT molecular complexity index is 1150. The van der Waals surface area contributed by atoms with Gasteiger partial charge >= 0.3 is 11.3 Å². The maximum Gasteiger partial charge on any atom is 0.356 e. The highest BCUT2D eigenvalue weighted by atomic mass is 16.5. The molecule has 0 saturated carbocycles. The molecule has 0 fully saturated rings. The van der Waals surface area contributed by atoms with Crippen LogP contribution in [0, 0.1) is 0 Å². The van der Waals surface area contributed by atoms with Gasteiger partial charge in [-0.1, -0.05) is 48.5 Å². The summed E-state index contributed by atoms with van der Waals surface area (Å²) in [5.74, 6) is 0. The molecule has 26 heavy (non-hydrogen) atoms. The molecule has 1 heterocycles. The summed E-state index contributed by atoms with van der Waals surface area (Å²) in [6.45, 7) is 0. The lowest BCUT2D eigenvalue weighted by Crippen LogP contribution is -2.29. The van der Waals surface area contributed by atoms with Crippen molar-refractivity contribution in [1.29, 1.82) is 0 Å². The lowest BCUT2D eigenvalue weighted by atomic mass is 10.0. The molecule has 0 aliphatic rings. The van der Waals surface area contributed by atoms with Crippen molar-refractivity contribution in [1.82, 2.24) is 9.48 Å². The van der Waals surface area contributed by atoms with Crippen molar-refractivity contribution in [2.75, 3.05) is 7.05 Å². The Morgan fingerprint density at radius 3 is 2.12 bits per heavy atom. The Kier molecular flexibility index (Phi) is 4.98. The van der Waals surface area contributed by atoms with Crippen LogP contribution in [0.1, 0.15) is 0 Å². The van der Waals surface area contributed by atoms with Crippen LogP contribution in [0.2, 0.25) is 0 Å². The van der Waals surface area contributed by atoms with E-state index in [9.17, 15) is 9.59 Å². The fraction of sp³-hybridized carbons (Fsp3) is 0.105. The fourth-order valence-corrected chi connectivity index (χ4v) is 2.53. The van der Waals surface area contributed by atoms with Crippen molar-refractivity contribution in [3.63, 3.8) is 0 Å². The van der Waals surface area contributed by atoms with E-state index in [0.29, 0.717) is 5.69 Å². The maximum atomic E-state index is 12.1. The second kappa shape index (κ2) is 7.52. The number of rotatable bonds is 2. The lowest BCUT2D eigenvalue weighted by molar-refractivity contribution is 0.214. The highest BCUT2D eigenvalue weighted by molar-refractivity contribution is 5.72. The van der Waals surface area contributed by atoms with Crippen molar-refractivity contribution in [3.8, 4) is 16.8 Å². The largest absolute Gasteiger partial charge is 0.356 e. The monoisotopic (exact) mass is 351 g/mol. The molecule has 0 amide bonds. The molecule has 0 N–H and O–H groups in total. The molecular formula is C19H17N3O4. The van der Waals surface area contributed by atoms with Gasteiger partial charge < -0.3 is 9.05 Å². The second-order valence-corrected chi connectivity index (χ2v) is 5.35. The van der Waals surface area contributed by atoms with Gasteiger partial charge in [0.25, 0.3) is 5.62 Å². The third kappa shape index (κ3) is 3.56. The van der Waals surface area contributed by atoms with E-state index in [1.807, 2.05) is 48.5 Å². The third-order valence-corrected chi connectivity index (χ3v) is 3.63. The summed E-state index contributed by atoms with van der Waals surface area (Å²) in [6.07, 6.45) is 0. The molecule has 0 unspecified atom stereocenters. The first kappa shape index (κ1) is 17.2. The van der Waals surface area contributed by atoms with Gasteiger partial charge in [0.15, 0.2) is 0 Å². The molecule has 132 valence electrons. The summed E-state index contributed by atoms with van der Waals surface area (Å²) in [5, 5.41) is 0. The summed E-state index contributed by atoms with van der Waals surface area (Å²) in [6, 6.07) is 19.1. The van der Waals surface area contributed by atoms with Crippen LogP contribution in [0.15, 0.2) is 90.4 Å². The van der Waals surface area contributed by atoms with Crippen LogP contribution in [0.5, 0.6) is 0 Å². The average molecular weight is 351 g/mol. The summed E-state index contributed by atoms with van der Waals surface area (Å²) in [4.78, 5) is 27.9. The van der Waals surface area contributed by atoms with Crippen molar-refractivity contribution in [2.45, 2.75) is 0 Å². The molecule has 7 nitrogen and oxygen atoms in total. The summed E-state index contributed by atoms with van der Waals surface area (Å²) in [5.41, 5.74) is 1.05. The average Bonchev–Trinajstić information content (AvgIpc) is 2.71. The minimum Gasteiger partial charge on any atom is -0.333 e. The molecule has 0 spiro atoms. The molecule has 0 radical (unpaired) electrons. The number of aryl methyl sites for hydroxylation is 1. The van der Waals surface area contributed by atoms with Crippen molar-refractivity contribution in [2.24, 2.45) is 12.0 Å². The fourth-order valence-electron chi connectivity index (χ4n) is 2.53. The highest BCUT2D eigenvalue weighted by Crippen LogP contribution is 2.25. The zero-order valence-electron chi connectivity index (χ0n) is 14.3. The van der Waals surface area contributed by atoms with E-state index in [4.69, 9.17) is 9.05 Å².